The van der Waals surface area contributed by atoms with Crippen LogP contribution < -0.4 is 0 Å². The van der Waals surface area contributed by atoms with Gasteiger partial charge in [0, 0.05) is 18.5 Å². The van der Waals surface area contributed by atoms with Crippen LogP contribution in [0.1, 0.15) is 25.2 Å². The van der Waals surface area contributed by atoms with Crippen LogP contribution in [-0.4, -0.2) is 19.9 Å². The number of hydrogen-bond donors (Lipinski definition) is 1. The third-order valence-electron chi connectivity index (χ3n) is 2.64. The summed E-state index contributed by atoms with van der Waals surface area (Å²) in [6, 6.07) is 1.76. The van der Waals surface area contributed by atoms with Crippen molar-refractivity contribution in [1.29, 1.82) is 0 Å². The normalized spacial score (nSPS) is 14.9. The molecule has 0 aromatic carbocycles. The molecule has 1 N–H and O–H groups in total. The number of nitrogens with zero attached hydrogens (tertiary/aromatic N) is 3. The van der Waals surface area contributed by atoms with Gasteiger partial charge >= 0.3 is 0 Å². The van der Waals surface area contributed by atoms with E-state index in [4.69, 9.17) is 4.42 Å². The van der Waals surface area contributed by atoms with E-state index in [0.29, 0.717) is 6.42 Å². The Labute approximate surface area is 93.7 Å². The molecule has 0 aliphatic carbocycles. The minimum absolute atomic E-state index is 0.417. The van der Waals surface area contributed by atoms with Crippen molar-refractivity contribution in [1.82, 2.24) is 14.8 Å². The van der Waals surface area contributed by atoms with Gasteiger partial charge in [0.15, 0.2) is 0 Å². The van der Waals surface area contributed by atoms with Crippen LogP contribution in [-0.2, 0) is 18.6 Å². The van der Waals surface area contributed by atoms with Crippen molar-refractivity contribution < 1.29 is 9.52 Å². The minimum Gasteiger partial charge on any atom is -0.472 e. The van der Waals surface area contributed by atoms with Gasteiger partial charge < -0.3 is 9.52 Å². The minimum atomic E-state index is -0.979. The van der Waals surface area contributed by atoms with E-state index in [1.54, 1.807) is 30.2 Å². The SMILES string of the molecule is CCn1ncnc1CC(C)(O)c1ccoc1. The summed E-state index contributed by atoms with van der Waals surface area (Å²) in [6.45, 7) is 4.48. The Balaban J connectivity index is 2.21. The molecule has 0 spiro atoms. The molecule has 0 bridgehead atoms. The summed E-state index contributed by atoms with van der Waals surface area (Å²) < 4.78 is 6.75. The quantitative estimate of drug-likeness (QED) is 0.846. The highest BCUT2D eigenvalue weighted by Gasteiger charge is 2.26. The molecule has 0 aliphatic heterocycles. The first kappa shape index (κ1) is 10.9. The molecule has 2 aromatic rings. The molecule has 16 heavy (non-hydrogen) atoms. The van der Waals surface area contributed by atoms with Crippen LogP contribution in [0.4, 0.5) is 0 Å². The van der Waals surface area contributed by atoms with Crippen LogP contribution in [0.5, 0.6) is 0 Å². The molecule has 5 nitrogen and oxygen atoms in total. The number of hydrogen-bond acceptors (Lipinski definition) is 4. The lowest BCUT2D eigenvalue weighted by molar-refractivity contribution is 0.0537. The smallest absolute Gasteiger partial charge is 0.138 e. The third kappa shape index (κ3) is 1.99. The second kappa shape index (κ2) is 4.09. The highest BCUT2D eigenvalue weighted by atomic mass is 16.3. The van der Waals surface area contributed by atoms with E-state index in [0.717, 1.165) is 17.9 Å². The highest BCUT2D eigenvalue weighted by molar-refractivity contribution is 5.16. The molecule has 2 heterocycles. The van der Waals surface area contributed by atoms with Gasteiger partial charge in [-0.15, -0.1) is 0 Å². The van der Waals surface area contributed by atoms with Gasteiger partial charge in [-0.1, -0.05) is 0 Å². The average Bonchev–Trinajstić information content (AvgIpc) is 2.86. The zero-order valence-electron chi connectivity index (χ0n) is 9.42. The standard InChI is InChI=1S/C11H15N3O2/c1-3-14-10(12-8-13-14)6-11(2,15)9-4-5-16-7-9/h4-5,7-8,15H,3,6H2,1-2H3. The molecule has 2 aromatic heterocycles. The second-order valence-corrected chi connectivity index (χ2v) is 3.95. The van der Waals surface area contributed by atoms with Crippen molar-refractivity contribution in [3.8, 4) is 0 Å². The molecule has 5 heteroatoms. The number of aliphatic hydroxyl groups is 1. The van der Waals surface area contributed by atoms with Gasteiger partial charge in [-0.25, -0.2) is 4.98 Å². The van der Waals surface area contributed by atoms with Gasteiger partial charge in [-0.2, -0.15) is 5.10 Å². The van der Waals surface area contributed by atoms with Gasteiger partial charge in [0.25, 0.3) is 0 Å². The van der Waals surface area contributed by atoms with Gasteiger partial charge in [0.2, 0.25) is 0 Å². The number of rotatable bonds is 4. The lowest BCUT2D eigenvalue weighted by Crippen LogP contribution is -2.25. The molecule has 0 saturated heterocycles. The van der Waals surface area contributed by atoms with Crippen LogP contribution in [0.25, 0.3) is 0 Å². The summed E-state index contributed by atoms with van der Waals surface area (Å²) >= 11 is 0. The van der Waals surface area contributed by atoms with E-state index in [-0.39, 0.29) is 0 Å². The molecule has 0 aliphatic rings. The fraction of sp³-hybridized carbons (Fsp3) is 0.455. The number of aryl methyl sites for hydroxylation is 1. The maximum absolute atomic E-state index is 10.3. The first-order chi connectivity index (χ1) is 7.63. The summed E-state index contributed by atoms with van der Waals surface area (Å²) in [5.41, 5.74) is -0.231. The predicted molar refractivity (Wildman–Crippen MR) is 57.7 cm³/mol. The first-order valence-electron chi connectivity index (χ1n) is 5.25. The monoisotopic (exact) mass is 221 g/mol. The Bertz CT molecular complexity index is 446. The maximum atomic E-state index is 10.3. The van der Waals surface area contributed by atoms with Gasteiger partial charge in [0.05, 0.1) is 18.1 Å². The van der Waals surface area contributed by atoms with Crippen LogP contribution in [0.2, 0.25) is 0 Å². The van der Waals surface area contributed by atoms with Crippen molar-refractivity contribution in [2.45, 2.75) is 32.4 Å². The Kier molecular flexibility index (Phi) is 2.78. The second-order valence-electron chi connectivity index (χ2n) is 3.95. The molecule has 2 rings (SSSR count). The Morgan fingerprint density at radius 1 is 1.56 bits per heavy atom. The van der Waals surface area contributed by atoms with Crippen LogP contribution in [0.3, 0.4) is 0 Å². The number of aromatic nitrogens is 3. The molecule has 0 amide bonds. The first-order valence-corrected chi connectivity index (χ1v) is 5.25. The van der Waals surface area contributed by atoms with Crippen molar-refractivity contribution in [2.75, 3.05) is 0 Å². The van der Waals surface area contributed by atoms with Gasteiger partial charge in [0.1, 0.15) is 12.2 Å². The van der Waals surface area contributed by atoms with Crippen molar-refractivity contribution in [2.24, 2.45) is 0 Å². The van der Waals surface area contributed by atoms with E-state index < -0.39 is 5.60 Å². The molecule has 1 unspecified atom stereocenters. The summed E-state index contributed by atoms with van der Waals surface area (Å²) in [7, 11) is 0. The van der Waals surface area contributed by atoms with E-state index in [1.807, 2.05) is 6.92 Å². The Morgan fingerprint density at radius 3 is 3.00 bits per heavy atom. The maximum Gasteiger partial charge on any atom is 0.138 e. The van der Waals surface area contributed by atoms with Crippen LogP contribution in [0, 0.1) is 0 Å². The molecule has 0 saturated carbocycles. The van der Waals surface area contributed by atoms with Crippen molar-refractivity contribution >= 4 is 0 Å². The summed E-state index contributed by atoms with van der Waals surface area (Å²) in [5, 5.41) is 14.4. The molecular weight excluding hydrogens is 206 g/mol. The fourth-order valence-electron chi connectivity index (χ4n) is 1.67. The molecule has 1 atom stereocenters. The zero-order valence-corrected chi connectivity index (χ0v) is 9.42. The Hall–Kier alpha value is -1.62. The van der Waals surface area contributed by atoms with Crippen LogP contribution in [0.15, 0.2) is 29.3 Å². The van der Waals surface area contributed by atoms with Gasteiger partial charge in [-0.05, 0) is 19.9 Å². The lowest BCUT2D eigenvalue weighted by Gasteiger charge is -2.21. The van der Waals surface area contributed by atoms with Gasteiger partial charge in [-0.3, -0.25) is 4.68 Å². The molecule has 0 fully saturated rings. The predicted octanol–water partition coefficient (Wildman–Crippen LogP) is 1.34. The summed E-state index contributed by atoms with van der Waals surface area (Å²) in [4.78, 5) is 4.14. The van der Waals surface area contributed by atoms with E-state index >= 15 is 0 Å². The topological polar surface area (TPSA) is 64.1 Å². The molecule has 0 radical (unpaired) electrons. The lowest BCUT2D eigenvalue weighted by atomic mass is 9.95. The van der Waals surface area contributed by atoms with Crippen molar-refractivity contribution in [3.05, 3.63) is 36.3 Å². The Morgan fingerprint density at radius 2 is 2.38 bits per heavy atom. The fourth-order valence-corrected chi connectivity index (χ4v) is 1.67. The van der Waals surface area contributed by atoms with E-state index in [2.05, 4.69) is 10.1 Å². The summed E-state index contributed by atoms with van der Waals surface area (Å²) in [5.74, 6) is 0.772. The average molecular weight is 221 g/mol. The molecule has 86 valence electrons. The third-order valence-corrected chi connectivity index (χ3v) is 2.64. The largest absolute Gasteiger partial charge is 0.472 e. The van der Waals surface area contributed by atoms with Crippen molar-refractivity contribution in [3.63, 3.8) is 0 Å². The zero-order chi connectivity index (χ0) is 11.6. The van der Waals surface area contributed by atoms with E-state index in [9.17, 15) is 5.11 Å². The summed E-state index contributed by atoms with van der Waals surface area (Å²) in [6.07, 6.45) is 5.02. The van der Waals surface area contributed by atoms with E-state index in [1.165, 1.54) is 6.33 Å². The van der Waals surface area contributed by atoms with Crippen LogP contribution >= 0.6 is 0 Å². The molecular formula is C11H15N3O2. The number of furan rings is 1. The highest BCUT2D eigenvalue weighted by Crippen LogP contribution is 2.24.